The zero-order valence-electron chi connectivity index (χ0n) is 8.32. The normalized spacial score (nSPS) is 10.4. The average Bonchev–Trinajstić information content (AvgIpc) is 2.72. The molecule has 0 aliphatic rings. The van der Waals surface area contributed by atoms with E-state index in [1.807, 2.05) is 24.7 Å². The van der Waals surface area contributed by atoms with E-state index in [-0.39, 0.29) is 0 Å². The van der Waals surface area contributed by atoms with E-state index in [2.05, 4.69) is 22.7 Å². The zero-order valence-corrected chi connectivity index (χ0v) is 8.32. The van der Waals surface area contributed by atoms with Gasteiger partial charge in [0, 0.05) is 26.0 Å². The molecule has 0 saturated carbocycles. The summed E-state index contributed by atoms with van der Waals surface area (Å²) < 4.78 is 6.97. The largest absolute Gasteiger partial charge is 0.377 e. The Bertz CT molecular complexity index is 416. The van der Waals surface area contributed by atoms with Gasteiger partial charge in [-0.2, -0.15) is 0 Å². The summed E-state index contributed by atoms with van der Waals surface area (Å²) in [6, 6.07) is 2.08. The fourth-order valence-electron chi connectivity index (χ4n) is 1.33. The lowest BCUT2D eigenvalue weighted by molar-refractivity contribution is 0.398. The van der Waals surface area contributed by atoms with Crippen molar-refractivity contribution in [3.63, 3.8) is 0 Å². The predicted molar refractivity (Wildman–Crippen MR) is 54.0 cm³/mol. The molecule has 74 valence electrons. The van der Waals surface area contributed by atoms with Gasteiger partial charge in [0.1, 0.15) is 0 Å². The second kappa shape index (κ2) is 3.57. The molecule has 2 heterocycles. The highest BCUT2D eigenvalue weighted by Gasteiger charge is 2.01. The third-order valence-electron chi connectivity index (χ3n) is 2.13. The van der Waals surface area contributed by atoms with Crippen LogP contribution in [0.15, 0.2) is 29.2 Å². The van der Waals surface area contributed by atoms with Gasteiger partial charge in [-0.3, -0.25) is 0 Å². The van der Waals surface area contributed by atoms with Crippen molar-refractivity contribution in [2.75, 3.05) is 5.32 Å². The van der Waals surface area contributed by atoms with Gasteiger partial charge in [0.05, 0.1) is 11.9 Å². The van der Waals surface area contributed by atoms with Crippen LogP contribution in [0.2, 0.25) is 0 Å². The van der Waals surface area contributed by atoms with Crippen molar-refractivity contribution in [3.05, 3.63) is 36.0 Å². The molecule has 2 rings (SSSR count). The Morgan fingerprint density at radius 3 is 3.00 bits per heavy atom. The van der Waals surface area contributed by atoms with E-state index in [1.54, 1.807) is 6.20 Å². The fraction of sp³-hybridized carbons (Fsp3) is 0.300. The van der Waals surface area contributed by atoms with E-state index in [0.717, 1.165) is 18.0 Å². The van der Waals surface area contributed by atoms with Gasteiger partial charge in [-0.1, -0.05) is 5.16 Å². The quantitative estimate of drug-likeness (QED) is 0.806. The van der Waals surface area contributed by atoms with Crippen molar-refractivity contribution in [2.45, 2.75) is 13.5 Å². The molecule has 0 unspecified atom stereocenters. The smallest absolute Gasteiger partial charge is 0.156 e. The maximum Gasteiger partial charge on any atom is 0.156 e. The summed E-state index contributed by atoms with van der Waals surface area (Å²) in [5.74, 6) is 0.820. The van der Waals surface area contributed by atoms with Crippen LogP contribution in [0.1, 0.15) is 11.3 Å². The van der Waals surface area contributed by atoms with Crippen LogP contribution in [-0.4, -0.2) is 9.72 Å². The molecule has 0 atom stereocenters. The van der Waals surface area contributed by atoms with Gasteiger partial charge >= 0.3 is 0 Å². The van der Waals surface area contributed by atoms with Gasteiger partial charge in [-0.05, 0) is 18.6 Å². The molecule has 0 bridgehead atoms. The molecule has 4 nitrogen and oxygen atoms in total. The molecule has 14 heavy (non-hydrogen) atoms. The van der Waals surface area contributed by atoms with E-state index in [4.69, 9.17) is 4.52 Å². The van der Waals surface area contributed by atoms with Crippen LogP contribution >= 0.6 is 0 Å². The van der Waals surface area contributed by atoms with Crippen LogP contribution in [0.5, 0.6) is 0 Å². The molecule has 0 radical (unpaired) electrons. The summed E-state index contributed by atoms with van der Waals surface area (Å²) in [7, 11) is 2.01. The van der Waals surface area contributed by atoms with Crippen LogP contribution in [0.3, 0.4) is 0 Å². The van der Waals surface area contributed by atoms with Gasteiger partial charge in [-0.15, -0.1) is 0 Å². The first-order valence-electron chi connectivity index (χ1n) is 4.51. The van der Waals surface area contributed by atoms with Gasteiger partial charge in [-0.25, -0.2) is 0 Å². The van der Waals surface area contributed by atoms with Crippen molar-refractivity contribution in [1.29, 1.82) is 0 Å². The molecule has 0 fully saturated rings. The standard InChI is InChI=1S/C10H13N3O/c1-8-10(6-12-14-8)11-5-9-3-4-13(2)7-9/h3-4,6-7,11H,5H2,1-2H3. The number of rotatable bonds is 3. The number of aryl methyl sites for hydroxylation is 2. The minimum Gasteiger partial charge on any atom is -0.377 e. The number of anilines is 1. The minimum atomic E-state index is 0.795. The lowest BCUT2D eigenvalue weighted by atomic mass is 10.3. The SMILES string of the molecule is Cc1oncc1NCc1ccn(C)c1. The first-order valence-corrected chi connectivity index (χ1v) is 4.51. The second-order valence-corrected chi connectivity index (χ2v) is 3.33. The summed E-state index contributed by atoms with van der Waals surface area (Å²) in [5, 5.41) is 6.95. The molecular weight excluding hydrogens is 178 g/mol. The minimum absolute atomic E-state index is 0.795. The van der Waals surface area contributed by atoms with E-state index in [0.29, 0.717) is 0 Å². The third-order valence-corrected chi connectivity index (χ3v) is 2.13. The summed E-state index contributed by atoms with van der Waals surface area (Å²) in [6.45, 7) is 2.68. The molecular formula is C10H13N3O. The lowest BCUT2D eigenvalue weighted by Gasteiger charge is -2.00. The van der Waals surface area contributed by atoms with E-state index >= 15 is 0 Å². The maximum atomic E-state index is 4.94. The summed E-state index contributed by atoms with van der Waals surface area (Å²) >= 11 is 0. The second-order valence-electron chi connectivity index (χ2n) is 3.33. The topological polar surface area (TPSA) is 43.0 Å². The van der Waals surface area contributed by atoms with Gasteiger partial charge in [0.2, 0.25) is 0 Å². The van der Waals surface area contributed by atoms with Crippen LogP contribution in [0.25, 0.3) is 0 Å². The number of hydrogen-bond donors (Lipinski definition) is 1. The highest BCUT2D eigenvalue weighted by atomic mass is 16.5. The van der Waals surface area contributed by atoms with E-state index in [1.165, 1.54) is 5.56 Å². The van der Waals surface area contributed by atoms with Gasteiger partial charge in [0.15, 0.2) is 5.76 Å². The number of nitrogens with one attached hydrogen (secondary N) is 1. The molecule has 0 saturated heterocycles. The van der Waals surface area contributed by atoms with E-state index in [9.17, 15) is 0 Å². The highest BCUT2D eigenvalue weighted by Crippen LogP contribution is 2.13. The Morgan fingerprint density at radius 2 is 2.43 bits per heavy atom. The number of nitrogens with zero attached hydrogens (tertiary/aromatic N) is 2. The van der Waals surface area contributed by atoms with Crippen molar-refractivity contribution >= 4 is 5.69 Å². The van der Waals surface area contributed by atoms with Crippen molar-refractivity contribution in [2.24, 2.45) is 7.05 Å². The molecule has 0 aliphatic carbocycles. The van der Waals surface area contributed by atoms with Gasteiger partial charge in [0.25, 0.3) is 0 Å². The van der Waals surface area contributed by atoms with Crippen molar-refractivity contribution in [3.8, 4) is 0 Å². The molecule has 4 heteroatoms. The summed E-state index contributed by atoms with van der Waals surface area (Å²) in [6.07, 6.45) is 5.80. The molecule has 1 N–H and O–H groups in total. The van der Waals surface area contributed by atoms with Crippen molar-refractivity contribution < 1.29 is 4.52 Å². The highest BCUT2D eigenvalue weighted by molar-refractivity contribution is 5.43. The van der Waals surface area contributed by atoms with Crippen LogP contribution in [-0.2, 0) is 13.6 Å². The molecule has 0 amide bonds. The molecule has 0 aromatic carbocycles. The van der Waals surface area contributed by atoms with Crippen LogP contribution in [0, 0.1) is 6.92 Å². The van der Waals surface area contributed by atoms with E-state index < -0.39 is 0 Å². The Balaban J connectivity index is 1.98. The average molecular weight is 191 g/mol. The number of hydrogen-bond acceptors (Lipinski definition) is 3. The zero-order chi connectivity index (χ0) is 9.97. The van der Waals surface area contributed by atoms with Crippen LogP contribution < -0.4 is 5.32 Å². The summed E-state index contributed by atoms with van der Waals surface area (Å²) in [5.41, 5.74) is 2.20. The fourth-order valence-corrected chi connectivity index (χ4v) is 1.33. The van der Waals surface area contributed by atoms with Gasteiger partial charge < -0.3 is 14.4 Å². The monoisotopic (exact) mass is 191 g/mol. The molecule has 2 aromatic rings. The summed E-state index contributed by atoms with van der Waals surface area (Å²) in [4.78, 5) is 0. The van der Waals surface area contributed by atoms with Crippen LogP contribution in [0.4, 0.5) is 5.69 Å². The number of aromatic nitrogens is 2. The maximum absolute atomic E-state index is 4.94. The predicted octanol–water partition coefficient (Wildman–Crippen LogP) is 1.93. The lowest BCUT2D eigenvalue weighted by Crippen LogP contribution is -1.98. The Morgan fingerprint density at radius 1 is 1.57 bits per heavy atom. The Kier molecular flexibility index (Phi) is 2.26. The Labute approximate surface area is 82.5 Å². The molecule has 2 aromatic heterocycles. The molecule has 0 spiro atoms. The molecule has 0 aliphatic heterocycles. The Hall–Kier alpha value is -1.71. The third kappa shape index (κ3) is 1.79. The van der Waals surface area contributed by atoms with Crippen molar-refractivity contribution in [1.82, 2.24) is 9.72 Å². The first-order chi connectivity index (χ1) is 6.75. The first kappa shape index (κ1) is 8.87.